The van der Waals surface area contributed by atoms with Crippen molar-refractivity contribution in [3.63, 3.8) is 0 Å². The lowest BCUT2D eigenvalue weighted by atomic mass is 9.91. The Kier molecular flexibility index (Phi) is 6.91. The maximum atomic E-state index is 13.5. The Labute approximate surface area is 167 Å². The van der Waals surface area contributed by atoms with Crippen LogP contribution in [0.4, 0.5) is 0 Å². The summed E-state index contributed by atoms with van der Waals surface area (Å²) in [6, 6.07) is 7.35. The molecule has 2 aliphatic rings. The number of benzene rings is 1. The highest BCUT2D eigenvalue weighted by atomic mass is 16.5. The first-order valence-corrected chi connectivity index (χ1v) is 9.95. The smallest absolute Gasteiger partial charge is 0.228 e. The molecule has 2 fully saturated rings. The second kappa shape index (κ2) is 9.39. The average Bonchev–Trinajstić information content (AvgIpc) is 2.87. The van der Waals surface area contributed by atoms with Crippen molar-refractivity contribution in [3.8, 4) is 5.75 Å². The fraction of sp³-hybridized carbons (Fsp3) is 0.619. The van der Waals surface area contributed by atoms with Gasteiger partial charge in [0.2, 0.25) is 11.8 Å². The summed E-state index contributed by atoms with van der Waals surface area (Å²) in [4.78, 5) is 32.3. The van der Waals surface area contributed by atoms with Gasteiger partial charge < -0.3 is 24.2 Å². The molecule has 2 saturated heterocycles. The minimum Gasteiger partial charge on any atom is -0.496 e. The molecular formula is C21H31N3O4. The van der Waals surface area contributed by atoms with Gasteiger partial charge in [0.1, 0.15) is 5.75 Å². The zero-order valence-electron chi connectivity index (χ0n) is 17.1. The Morgan fingerprint density at radius 3 is 2.68 bits per heavy atom. The van der Waals surface area contributed by atoms with Gasteiger partial charge in [0.15, 0.2) is 0 Å². The van der Waals surface area contributed by atoms with Gasteiger partial charge in [0.25, 0.3) is 0 Å². The zero-order chi connectivity index (χ0) is 20.1. The van der Waals surface area contributed by atoms with Gasteiger partial charge in [0, 0.05) is 45.3 Å². The molecule has 7 heteroatoms. The van der Waals surface area contributed by atoms with E-state index in [1.165, 1.54) is 0 Å². The van der Waals surface area contributed by atoms with Gasteiger partial charge in [-0.25, -0.2) is 0 Å². The van der Waals surface area contributed by atoms with E-state index in [0.717, 1.165) is 31.6 Å². The number of likely N-dealkylation sites (tertiary alicyclic amines) is 1. The molecule has 154 valence electrons. The van der Waals surface area contributed by atoms with Crippen LogP contribution in [0.5, 0.6) is 5.75 Å². The highest BCUT2D eigenvalue weighted by molar-refractivity contribution is 5.90. The number of carbonyl (C=O) groups excluding carboxylic acids is 2. The highest BCUT2D eigenvalue weighted by Gasteiger charge is 2.46. The first kappa shape index (κ1) is 20.6. The van der Waals surface area contributed by atoms with Crippen molar-refractivity contribution in [2.75, 3.05) is 60.6 Å². The van der Waals surface area contributed by atoms with Crippen LogP contribution in [0.3, 0.4) is 0 Å². The third-order valence-electron chi connectivity index (χ3n) is 5.77. The van der Waals surface area contributed by atoms with Gasteiger partial charge in [0.05, 0.1) is 25.7 Å². The molecular weight excluding hydrogens is 358 g/mol. The molecule has 2 heterocycles. The topological polar surface area (TPSA) is 62.3 Å². The molecule has 0 aliphatic carbocycles. The maximum Gasteiger partial charge on any atom is 0.228 e. The largest absolute Gasteiger partial charge is 0.496 e. The quantitative estimate of drug-likeness (QED) is 0.736. The van der Waals surface area contributed by atoms with E-state index in [9.17, 15) is 9.59 Å². The monoisotopic (exact) mass is 389 g/mol. The lowest BCUT2D eigenvalue weighted by molar-refractivity contribution is -0.136. The maximum absolute atomic E-state index is 13.5. The van der Waals surface area contributed by atoms with Crippen LogP contribution in [0.2, 0.25) is 0 Å². The first-order chi connectivity index (χ1) is 13.6. The van der Waals surface area contributed by atoms with Crippen LogP contribution >= 0.6 is 0 Å². The van der Waals surface area contributed by atoms with Crippen LogP contribution in [0.25, 0.3) is 0 Å². The molecule has 2 amide bonds. The first-order valence-electron chi connectivity index (χ1n) is 9.95. The number of para-hydroxylation sites is 1. The number of nitrogens with zero attached hydrogens (tertiary/aromatic N) is 3. The number of ether oxygens (including phenoxy) is 2. The summed E-state index contributed by atoms with van der Waals surface area (Å²) in [5.41, 5.74) is 0.886. The number of rotatable bonds is 6. The third-order valence-corrected chi connectivity index (χ3v) is 5.77. The summed E-state index contributed by atoms with van der Waals surface area (Å²) >= 11 is 0. The van der Waals surface area contributed by atoms with Gasteiger partial charge in [-0.3, -0.25) is 9.59 Å². The number of hydrogen-bond acceptors (Lipinski definition) is 5. The molecule has 0 aromatic heterocycles. The molecule has 0 unspecified atom stereocenters. The Morgan fingerprint density at radius 2 is 1.93 bits per heavy atom. The van der Waals surface area contributed by atoms with E-state index >= 15 is 0 Å². The van der Waals surface area contributed by atoms with E-state index in [4.69, 9.17) is 9.47 Å². The lowest BCUT2D eigenvalue weighted by Crippen LogP contribution is -2.41. The number of carbonyl (C=O) groups is 2. The van der Waals surface area contributed by atoms with Gasteiger partial charge in [-0.2, -0.15) is 0 Å². The molecule has 0 radical (unpaired) electrons. The van der Waals surface area contributed by atoms with Crippen LogP contribution in [0.15, 0.2) is 24.3 Å². The highest BCUT2D eigenvalue weighted by Crippen LogP contribution is 2.42. The lowest BCUT2D eigenvalue weighted by Gasteiger charge is -2.31. The molecule has 0 saturated carbocycles. The van der Waals surface area contributed by atoms with Gasteiger partial charge in [-0.05, 0) is 26.1 Å². The third kappa shape index (κ3) is 4.31. The Bertz CT molecular complexity index is 696. The molecule has 0 spiro atoms. The van der Waals surface area contributed by atoms with Crippen LogP contribution in [-0.2, 0) is 14.3 Å². The summed E-state index contributed by atoms with van der Waals surface area (Å²) in [5.74, 6) is 0.375. The molecule has 0 N–H and O–H groups in total. The predicted molar refractivity (Wildman–Crippen MR) is 106 cm³/mol. The fourth-order valence-corrected chi connectivity index (χ4v) is 4.26. The van der Waals surface area contributed by atoms with Crippen molar-refractivity contribution in [2.24, 2.45) is 5.92 Å². The van der Waals surface area contributed by atoms with Crippen molar-refractivity contribution in [3.05, 3.63) is 29.8 Å². The fourth-order valence-electron chi connectivity index (χ4n) is 4.26. The molecule has 0 bridgehead atoms. The second-order valence-electron chi connectivity index (χ2n) is 7.56. The van der Waals surface area contributed by atoms with Crippen LogP contribution in [-0.4, -0.2) is 87.1 Å². The molecule has 2 aliphatic heterocycles. The van der Waals surface area contributed by atoms with Gasteiger partial charge in [-0.1, -0.05) is 18.2 Å². The van der Waals surface area contributed by atoms with Crippen molar-refractivity contribution in [1.82, 2.24) is 14.7 Å². The Balaban J connectivity index is 1.91. The van der Waals surface area contributed by atoms with E-state index in [-0.39, 0.29) is 24.3 Å². The number of methoxy groups -OCH3 is 2. The van der Waals surface area contributed by atoms with Crippen LogP contribution in [0, 0.1) is 5.92 Å². The predicted octanol–water partition coefficient (Wildman–Crippen LogP) is 1.40. The average molecular weight is 389 g/mol. The summed E-state index contributed by atoms with van der Waals surface area (Å²) in [5, 5.41) is 0. The van der Waals surface area contributed by atoms with E-state index in [1.807, 2.05) is 29.2 Å². The van der Waals surface area contributed by atoms with E-state index in [0.29, 0.717) is 25.4 Å². The summed E-state index contributed by atoms with van der Waals surface area (Å²) in [7, 11) is 5.32. The van der Waals surface area contributed by atoms with Gasteiger partial charge >= 0.3 is 0 Å². The summed E-state index contributed by atoms with van der Waals surface area (Å²) in [6.07, 6.45) is 1.19. The minimum absolute atomic E-state index is 0.00162. The molecule has 7 nitrogen and oxygen atoms in total. The van der Waals surface area contributed by atoms with Crippen molar-refractivity contribution in [1.29, 1.82) is 0 Å². The zero-order valence-corrected chi connectivity index (χ0v) is 17.1. The summed E-state index contributed by atoms with van der Waals surface area (Å²) in [6.45, 7) is 4.20. The van der Waals surface area contributed by atoms with E-state index < -0.39 is 5.92 Å². The van der Waals surface area contributed by atoms with Crippen LogP contribution in [0.1, 0.15) is 24.4 Å². The molecule has 28 heavy (non-hydrogen) atoms. The Morgan fingerprint density at radius 1 is 1.14 bits per heavy atom. The van der Waals surface area contributed by atoms with Crippen molar-refractivity contribution in [2.45, 2.75) is 18.9 Å². The second-order valence-corrected chi connectivity index (χ2v) is 7.56. The number of hydrogen-bond donors (Lipinski definition) is 0. The van der Waals surface area contributed by atoms with Gasteiger partial charge in [-0.15, -0.1) is 0 Å². The number of amides is 2. The molecule has 3 rings (SSSR count). The van der Waals surface area contributed by atoms with E-state index in [2.05, 4.69) is 11.9 Å². The van der Waals surface area contributed by atoms with Crippen LogP contribution < -0.4 is 4.74 Å². The normalized spacial score (nSPS) is 23.8. The standard InChI is InChI=1S/C21H31N3O4/c1-22-9-6-10-23(12-11-22)21(26)17-15-19(25)24(13-14-27-2)20(17)16-7-4-5-8-18(16)28-3/h4-5,7-8,17,20H,6,9-15H2,1-3H3/t17-,20+/m1/s1. The summed E-state index contributed by atoms with van der Waals surface area (Å²) < 4.78 is 10.8. The molecule has 2 atom stereocenters. The van der Waals surface area contributed by atoms with E-state index in [1.54, 1.807) is 19.1 Å². The molecule has 1 aromatic carbocycles. The minimum atomic E-state index is -0.399. The Hall–Kier alpha value is -2.12. The molecule has 1 aromatic rings. The van der Waals surface area contributed by atoms with Crippen molar-refractivity contribution < 1.29 is 19.1 Å². The van der Waals surface area contributed by atoms with Crippen molar-refractivity contribution >= 4 is 11.8 Å². The SMILES string of the molecule is COCCN1C(=O)C[C@@H](C(=O)N2CCCN(C)CC2)[C@@H]1c1ccccc1OC. The number of likely N-dealkylation sites (N-methyl/N-ethyl adjacent to an activating group) is 1.